The minimum absolute atomic E-state index is 0.0464. The van der Waals surface area contributed by atoms with E-state index in [1.54, 1.807) is 27.7 Å². The van der Waals surface area contributed by atoms with Gasteiger partial charge in [-0.2, -0.15) is 0 Å². The molecule has 0 bridgehead atoms. The second-order valence-corrected chi connectivity index (χ2v) is 8.52. The van der Waals surface area contributed by atoms with Gasteiger partial charge in [-0.3, -0.25) is 14.4 Å². The fraction of sp³-hybridized carbons (Fsp3) is 0.280. The van der Waals surface area contributed by atoms with Gasteiger partial charge in [0.05, 0.1) is 0 Å². The van der Waals surface area contributed by atoms with Gasteiger partial charge in [-0.25, -0.2) is 14.4 Å². The van der Waals surface area contributed by atoms with Gasteiger partial charge in [0.25, 0.3) is 0 Å². The highest BCUT2D eigenvalue weighted by Crippen LogP contribution is 2.24. The lowest BCUT2D eigenvalue weighted by Gasteiger charge is -2.12. The lowest BCUT2D eigenvalue weighted by atomic mass is 10.0. The molecule has 0 radical (unpaired) electrons. The summed E-state index contributed by atoms with van der Waals surface area (Å²) in [6.45, 7) is 7.60. The summed E-state index contributed by atoms with van der Waals surface area (Å²) < 4.78 is 0. The summed E-state index contributed by atoms with van der Waals surface area (Å²) in [5.41, 5.74) is -0.392. The Bertz CT molecular complexity index is 1140. The van der Waals surface area contributed by atoms with Gasteiger partial charge >= 0.3 is 17.9 Å². The van der Waals surface area contributed by atoms with Gasteiger partial charge < -0.3 is 31.3 Å². The van der Waals surface area contributed by atoms with Gasteiger partial charge in [0, 0.05) is 52.0 Å². The Morgan fingerprint density at radius 3 is 1.14 bits per heavy atom. The summed E-state index contributed by atoms with van der Waals surface area (Å²) in [6, 6.07) is 3.90. The van der Waals surface area contributed by atoms with Crippen LogP contribution in [0, 0.1) is 11.8 Å². The summed E-state index contributed by atoms with van der Waals surface area (Å²) in [6.07, 6.45) is 2.64. The summed E-state index contributed by atoms with van der Waals surface area (Å²) in [4.78, 5) is 70.8. The van der Waals surface area contributed by atoms with E-state index in [1.807, 2.05) is 0 Å². The fourth-order valence-corrected chi connectivity index (χ4v) is 2.87. The van der Waals surface area contributed by atoms with Crippen molar-refractivity contribution in [1.29, 1.82) is 0 Å². The lowest BCUT2D eigenvalue weighted by Crippen LogP contribution is -2.17. The van der Waals surface area contributed by atoms with Crippen LogP contribution in [-0.2, 0) is 28.8 Å². The Hall–Kier alpha value is -4.74. The van der Waals surface area contributed by atoms with Gasteiger partial charge in [-0.05, 0) is 37.0 Å². The lowest BCUT2D eigenvalue weighted by molar-refractivity contribution is -0.134. The molecule has 0 fully saturated rings. The first-order valence-corrected chi connectivity index (χ1v) is 11.0. The molecule has 1 rings (SSSR count). The number of benzene rings is 1. The van der Waals surface area contributed by atoms with Crippen molar-refractivity contribution in [2.75, 3.05) is 16.0 Å². The molecular formula is C25H29N3O9. The number of aliphatic carboxylic acids is 3. The molecule has 1 aromatic carbocycles. The first-order valence-electron chi connectivity index (χ1n) is 11.0. The fourth-order valence-electron chi connectivity index (χ4n) is 2.87. The van der Waals surface area contributed by atoms with Crippen LogP contribution in [-0.4, -0.2) is 50.9 Å². The van der Waals surface area contributed by atoms with E-state index in [1.165, 1.54) is 25.1 Å². The highest BCUT2D eigenvalue weighted by molar-refractivity contribution is 6.08. The highest BCUT2D eigenvalue weighted by Gasteiger charge is 2.16. The zero-order valence-corrected chi connectivity index (χ0v) is 20.9. The van der Waals surface area contributed by atoms with Crippen molar-refractivity contribution in [2.24, 2.45) is 11.8 Å². The zero-order chi connectivity index (χ0) is 28.4. The Morgan fingerprint density at radius 2 is 0.892 bits per heavy atom. The first-order chi connectivity index (χ1) is 17.1. The third kappa shape index (κ3) is 10.2. The predicted molar refractivity (Wildman–Crippen MR) is 135 cm³/mol. The average molecular weight is 516 g/mol. The molecule has 0 heterocycles. The zero-order valence-electron chi connectivity index (χ0n) is 20.9. The molecule has 0 spiro atoms. The van der Waals surface area contributed by atoms with Crippen LogP contribution in [0.5, 0.6) is 0 Å². The van der Waals surface area contributed by atoms with E-state index in [2.05, 4.69) is 16.0 Å². The summed E-state index contributed by atoms with van der Waals surface area (Å²) in [5, 5.41) is 34.8. The predicted octanol–water partition coefficient (Wildman–Crippen LogP) is 2.87. The maximum Gasteiger partial charge on any atom is 0.332 e. The van der Waals surface area contributed by atoms with Crippen LogP contribution in [0.3, 0.4) is 0 Å². The molecule has 198 valence electrons. The minimum Gasteiger partial charge on any atom is -0.478 e. The standard InChI is InChI=1S/C25H29N3O9/c1-12(2)18(24(34)35)10-21(30)27-16-7-15(26-20(29)6-14(5)23(32)33)8-17(9-16)28-22(31)11-19(13(3)4)25(36)37/h6-13H,1-5H3,(H,26,29)(H,27,30)(H,28,31)(H,32,33)(H,34,35)(H,36,37)/b14-6-,18-10-,19-11-. The van der Waals surface area contributed by atoms with Crippen molar-refractivity contribution < 1.29 is 44.1 Å². The number of carbonyl (C=O) groups excluding carboxylic acids is 3. The topological polar surface area (TPSA) is 199 Å². The van der Waals surface area contributed by atoms with E-state index in [0.717, 1.165) is 18.2 Å². The Labute approximate surface area is 212 Å². The smallest absolute Gasteiger partial charge is 0.332 e. The molecule has 37 heavy (non-hydrogen) atoms. The third-order valence-electron chi connectivity index (χ3n) is 4.73. The van der Waals surface area contributed by atoms with Crippen LogP contribution in [0.1, 0.15) is 34.6 Å². The molecule has 0 saturated carbocycles. The number of hydrogen-bond donors (Lipinski definition) is 6. The number of carboxylic acids is 3. The normalized spacial score (nSPS) is 12.2. The van der Waals surface area contributed by atoms with Gasteiger partial charge in [0.1, 0.15) is 0 Å². The van der Waals surface area contributed by atoms with E-state index in [4.69, 9.17) is 5.11 Å². The minimum atomic E-state index is -1.30. The van der Waals surface area contributed by atoms with Gasteiger partial charge in [0.2, 0.25) is 17.7 Å². The van der Waals surface area contributed by atoms with E-state index in [-0.39, 0.29) is 33.8 Å². The molecule has 6 N–H and O–H groups in total. The summed E-state index contributed by atoms with van der Waals surface area (Å²) in [5.74, 6) is -7.14. The Kier molecular flexibility index (Phi) is 11.0. The van der Waals surface area contributed by atoms with E-state index >= 15 is 0 Å². The Morgan fingerprint density at radius 1 is 0.595 bits per heavy atom. The number of hydrogen-bond acceptors (Lipinski definition) is 6. The number of carbonyl (C=O) groups is 6. The van der Waals surface area contributed by atoms with Crippen LogP contribution >= 0.6 is 0 Å². The average Bonchev–Trinajstić information content (AvgIpc) is 2.74. The molecule has 0 saturated heterocycles. The molecular weight excluding hydrogens is 486 g/mol. The van der Waals surface area contributed by atoms with Crippen LogP contribution in [0.2, 0.25) is 0 Å². The van der Waals surface area contributed by atoms with E-state index in [0.29, 0.717) is 0 Å². The maximum atomic E-state index is 12.4. The van der Waals surface area contributed by atoms with Gasteiger partial charge in [0.15, 0.2) is 0 Å². The van der Waals surface area contributed by atoms with E-state index < -0.39 is 47.5 Å². The maximum absolute atomic E-state index is 12.4. The van der Waals surface area contributed by atoms with E-state index in [9.17, 15) is 39.0 Å². The van der Waals surface area contributed by atoms with Crippen LogP contribution < -0.4 is 16.0 Å². The van der Waals surface area contributed by atoms with Gasteiger partial charge in [-0.15, -0.1) is 0 Å². The monoisotopic (exact) mass is 515 g/mol. The quantitative estimate of drug-likeness (QED) is 0.240. The first kappa shape index (κ1) is 30.3. The second-order valence-electron chi connectivity index (χ2n) is 8.52. The van der Waals surface area contributed by atoms with Crippen molar-refractivity contribution in [3.63, 3.8) is 0 Å². The molecule has 12 heteroatoms. The summed E-state index contributed by atoms with van der Waals surface area (Å²) in [7, 11) is 0. The summed E-state index contributed by atoms with van der Waals surface area (Å²) >= 11 is 0. The molecule has 0 unspecified atom stereocenters. The van der Waals surface area contributed by atoms with Crippen molar-refractivity contribution in [1.82, 2.24) is 0 Å². The molecule has 12 nitrogen and oxygen atoms in total. The van der Waals surface area contributed by atoms with Crippen LogP contribution in [0.4, 0.5) is 17.1 Å². The van der Waals surface area contributed by atoms with Crippen molar-refractivity contribution >= 4 is 52.7 Å². The molecule has 3 amide bonds. The molecule has 0 aliphatic rings. The number of carboxylic acid groups (broad SMARTS) is 3. The molecule has 1 aromatic rings. The third-order valence-corrected chi connectivity index (χ3v) is 4.73. The van der Waals surface area contributed by atoms with Crippen molar-refractivity contribution in [3.05, 3.63) is 53.1 Å². The SMILES string of the molecule is C/C(=C/C(=O)Nc1cc(NC(=O)/C=C(\C(=O)O)C(C)C)cc(NC(=O)/C=C(\C(=O)O)C(C)C)c1)C(=O)O. The second kappa shape index (κ2) is 13.4. The number of nitrogens with one attached hydrogen (secondary N) is 3. The molecule has 0 aromatic heterocycles. The van der Waals surface area contributed by atoms with Gasteiger partial charge in [-0.1, -0.05) is 27.7 Å². The Balaban J connectivity index is 3.40. The molecule has 0 atom stereocenters. The van der Waals surface area contributed by atoms with Crippen LogP contribution in [0.25, 0.3) is 0 Å². The largest absolute Gasteiger partial charge is 0.478 e. The highest BCUT2D eigenvalue weighted by atomic mass is 16.4. The molecule has 0 aliphatic carbocycles. The molecule has 0 aliphatic heterocycles. The van der Waals surface area contributed by atoms with Crippen molar-refractivity contribution in [3.8, 4) is 0 Å². The number of anilines is 3. The van der Waals surface area contributed by atoms with Crippen molar-refractivity contribution in [2.45, 2.75) is 34.6 Å². The van der Waals surface area contributed by atoms with Crippen LogP contribution in [0.15, 0.2) is 53.1 Å². The number of amides is 3. The number of rotatable bonds is 11.